The van der Waals surface area contributed by atoms with Crippen molar-refractivity contribution in [1.29, 1.82) is 0 Å². The molecule has 0 radical (unpaired) electrons. The average molecular weight is 150 g/mol. The maximum atomic E-state index is 10.6. The molecule has 1 unspecified atom stereocenters. The van der Waals surface area contributed by atoms with Crippen LogP contribution in [0.5, 0.6) is 0 Å². The Morgan fingerprint density at radius 3 is 2.64 bits per heavy atom. The van der Waals surface area contributed by atoms with E-state index >= 15 is 0 Å². The van der Waals surface area contributed by atoms with Crippen LogP contribution in [0.3, 0.4) is 0 Å². The first-order valence-corrected chi connectivity index (χ1v) is 3.90. The molecule has 1 nitrogen and oxygen atoms in total. The molecule has 0 saturated carbocycles. The Bertz CT molecular complexity index is 221. The highest BCUT2D eigenvalue weighted by molar-refractivity contribution is 5.60. The van der Waals surface area contributed by atoms with E-state index in [-0.39, 0.29) is 11.3 Å². The summed E-state index contributed by atoms with van der Waals surface area (Å²) in [5.41, 5.74) is 1.29. The van der Waals surface area contributed by atoms with E-state index in [2.05, 4.69) is 26.8 Å². The third-order valence-corrected chi connectivity index (χ3v) is 2.66. The normalized spacial score (nSPS) is 27.9. The Morgan fingerprint density at radius 2 is 2.18 bits per heavy atom. The lowest BCUT2D eigenvalue weighted by Crippen LogP contribution is -2.26. The number of hydrogen-bond donors (Lipinski definition) is 0. The third-order valence-electron chi connectivity index (χ3n) is 2.66. The second kappa shape index (κ2) is 2.65. The lowest BCUT2D eigenvalue weighted by Gasteiger charge is -2.32. The SMILES string of the molecule is CC1=CC=CC(C=O)C1(C)C. The van der Waals surface area contributed by atoms with Gasteiger partial charge in [0.15, 0.2) is 0 Å². The van der Waals surface area contributed by atoms with Crippen molar-refractivity contribution in [2.24, 2.45) is 11.3 Å². The summed E-state index contributed by atoms with van der Waals surface area (Å²) in [5, 5.41) is 0. The molecule has 0 aliphatic heterocycles. The molecule has 1 aliphatic rings. The summed E-state index contributed by atoms with van der Waals surface area (Å²) in [7, 11) is 0. The number of aldehydes is 1. The Labute approximate surface area is 67.8 Å². The van der Waals surface area contributed by atoms with Gasteiger partial charge in [0.05, 0.1) is 0 Å². The zero-order chi connectivity index (χ0) is 8.48. The van der Waals surface area contributed by atoms with Crippen molar-refractivity contribution in [1.82, 2.24) is 0 Å². The number of allylic oxidation sites excluding steroid dienone is 4. The average Bonchev–Trinajstić information content (AvgIpc) is 1.95. The van der Waals surface area contributed by atoms with E-state index in [1.165, 1.54) is 5.57 Å². The molecule has 0 amide bonds. The third kappa shape index (κ3) is 1.28. The van der Waals surface area contributed by atoms with Crippen LogP contribution in [0.2, 0.25) is 0 Å². The van der Waals surface area contributed by atoms with Crippen LogP contribution in [0.15, 0.2) is 23.8 Å². The molecular weight excluding hydrogens is 136 g/mol. The molecule has 11 heavy (non-hydrogen) atoms. The van der Waals surface area contributed by atoms with Gasteiger partial charge in [-0.05, 0) is 12.3 Å². The summed E-state index contributed by atoms with van der Waals surface area (Å²) in [6, 6.07) is 0. The molecular formula is C10H14O. The largest absolute Gasteiger partial charge is 0.303 e. The van der Waals surface area contributed by atoms with Crippen molar-refractivity contribution in [3.05, 3.63) is 23.8 Å². The van der Waals surface area contributed by atoms with Crippen LogP contribution in [-0.4, -0.2) is 6.29 Å². The predicted molar refractivity (Wildman–Crippen MR) is 46.2 cm³/mol. The van der Waals surface area contributed by atoms with Gasteiger partial charge in [-0.2, -0.15) is 0 Å². The second-order valence-corrected chi connectivity index (χ2v) is 3.62. The molecule has 0 spiro atoms. The highest BCUT2D eigenvalue weighted by atomic mass is 16.1. The summed E-state index contributed by atoms with van der Waals surface area (Å²) in [5.74, 6) is 0.0486. The quantitative estimate of drug-likeness (QED) is 0.524. The van der Waals surface area contributed by atoms with E-state index in [9.17, 15) is 4.79 Å². The van der Waals surface area contributed by atoms with Crippen molar-refractivity contribution in [2.45, 2.75) is 20.8 Å². The zero-order valence-electron chi connectivity index (χ0n) is 7.29. The first-order valence-electron chi connectivity index (χ1n) is 3.90. The van der Waals surface area contributed by atoms with Crippen molar-refractivity contribution in [3.8, 4) is 0 Å². The number of carbonyl (C=O) groups excluding carboxylic acids is 1. The first kappa shape index (κ1) is 8.25. The minimum absolute atomic E-state index is 0.0104. The van der Waals surface area contributed by atoms with Gasteiger partial charge in [0.1, 0.15) is 6.29 Å². The van der Waals surface area contributed by atoms with Crippen molar-refractivity contribution in [3.63, 3.8) is 0 Å². The van der Waals surface area contributed by atoms with Crippen LogP contribution < -0.4 is 0 Å². The van der Waals surface area contributed by atoms with Gasteiger partial charge >= 0.3 is 0 Å². The van der Waals surface area contributed by atoms with Crippen molar-refractivity contribution in [2.75, 3.05) is 0 Å². The minimum atomic E-state index is 0.0104. The lowest BCUT2D eigenvalue weighted by molar-refractivity contribution is -0.111. The summed E-state index contributed by atoms with van der Waals surface area (Å²) in [4.78, 5) is 10.6. The summed E-state index contributed by atoms with van der Waals surface area (Å²) in [6.07, 6.45) is 7.01. The van der Waals surface area contributed by atoms with Crippen LogP contribution in [0, 0.1) is 11.3 Å². The van der Waals surface area contributed by atoms with Crippen LogP contribution in [0.4, 0.5) is 0 Å². The first-order chi connectivity index (χ1) is 5.09. The molecule has 1 atom stereocenters. The van der Waals surface area contributed by atoms with Crippen LogP contribution >= 0.6 is 0 Å². The van der Waals surface area contributed by atoms with Gasteiger partial charge in [0.2, 0.25) is 0 Å². The van der Waals surface area contributed by atoms with Crippen molar-refractivity contribution < 1.29 is 4.79 Å². The molecule has 1 heteroatoms. The summed E-state index contributed by atoms with van der Waals surface area (Å²) in [6.45, 7) is 6.27. The van der Waals surface area contributed by atoms with E-state index in [1.807, 2.05) is 12.2 Å². The summed E-state index contributed by atoms with van der Waals surface area (Å²) >= 11 is 0. The van der Waals surface area contributed by atoms with Gasteiger partial charge in [0, 0.05) is 5.92 Å². The molecule has 0 heterocycles. The molecule has 0 aromatic rings. The van der Waals surface area contributed by atoms with Crippen molar-refractivity contribution >= 4 is 6.29 Å². The van der Waals surface area contributed by atoms with E-state index < -0.39 is 0 Å². The van der Waals surface area contributed by atoms with Gasteiger partial charge in [-0.1, -0.05) is 37.6 Å². The molecule has 60 valence electrons. The Morgan fingerprint density at radius 1 is 1.55 bits per heavy atom. The standard InChI is InChI=1S/C10H14O/c1-8-5-4-6-9(7-11)10(8,2)3/h4-7,9H,1-3H3. The van der Waals surface area contributed by atoms with Crippen LogP contribution in [0.25, 0.3) is 0 Å². The summed E-state index contributed by atoms with van der Waals surface area (Å²) < 4.78 is 0. The van der Waals surface area contributed by atoms with Crippen LogP contribution in [0.1, 0.15) is 20.8 Å². The van der Waals surface area contributed by atoms with Gasteiger partial charge < -0.3 is 4.79 Å². The topological polar surface area (TPSA) is 17.1 Å². The zero-order valence-corrected chi connectivity index (χ0v) is 7.29. The smallest absolute Gasteiger partial charge is 0.127 e. The van der Waals surface area contributed by atoms with Gasteiger partial charge in [0.25, 0.3) is 0 Å². The van der Waals surface area contributed by atoms with Crippen LogP contribution in [-0.2, 0) is 4.79 Å². The Kier molecular flexibility index (Phi) is 1.99. The molecule has 0 bridgehead atoms. The van der Waals surface area contributed by atoms with Gasteiger partial charge in [-0.25, -0.2) is 0 Å². The Balaban J connectivity index is 2.97. The lowest BCUT2D eigenvalue weighted by atomic mass is 9.72. The molecule has 0 N–H and O–H groups in total. The number of rotatable bonds is 1. The maximum absolute atomic E-state index is 10.6. The van der Waals surface area contributed by atoms with Gasteiger partial charge in [-0.15, -0.1) is 0 Å². The van der Waals surface area contributed by atoms with Gasteiger partial charge in [-0.3, -0.25) is 0 Å². The molecule has 0 aromatic heterocycles. The fraction of sp³-hybridized carbons (Fsp3) is 0.500. The molecule has 0 saturated heterocycles. The monoisotopic (exact) mass is 150 g/mol. The maximum Gasteiger partial charge on any atom is 0.127 e. The molecule has 1 aliphatic carbocycles. The highest BCUT2D eigenvalue weighted by Crippen LogP contribution is 2.36. The van der Waals surface area contributed by atoms with E-state index in [1.54, 1.807) is 0 Å². The molecule has 0 fully saturated rings. The second-order valence-electron chi connectivity index (χ2n) is 3.62. The fourth-order valence-electron chi connectivity index (χ4n) is 1.25. The molecule has 0 aromatic carbocycles. The highest BCUT2D eigenvalue weighted by Gasteiger charge is 2.30. The minimum Gasteiger partial charge on any atom is -0.303 e. The van der Waals surface area contributed by atoms with E-state index in [4.69, 9.17) is 0 Å². The Hall–Kier alpha value is -0.850. The van der Waals surface area contributed by atoms with E-state index in [0.717, 1.165) is 6.29 Å². The number of carbonyl (C=O) groups is 1. The fourth-order valence-corrected chi connectivity index (χ4v) is 1.25. The van der Waals surface area contributed by atoms with E-state index in [0.29, 0.717) is 0 Å². The predicted octanol–water partition coefficient (Wildman–Crippen LogP) is 2.34. The number of hydrogen-bond acceptors (Lipinski definition) is 1. The molecule has 1 rings (SSSR count).